The maximum atomic E-state index is 12.0. The van der Waals surface area contributed by atoms with Crippen LogP contribution in [0, 0.1) is 5.92 Å². The number of thiocarbonyl (C=S) groups is 1. The van der Waals surface area contributed by atoms with Gasteiger partial charge in [0.15, 0.2) is 0 Å². The lowest BCUT2D eigenvalue weighted by atomic mass is 9.78. The van der Waals surface area contributed by atoms with Crippen LogP contribution in [0.1, 0.15) is 52.4 Å². The van der Waals surface area contributed by atoms with Gasteiger partial charge in [0.25, 0.3) is 0 Å². The van der Waals surface area contributed by atoms with E-state index in [-0.39, 0.29) is 10.7 Å². The van der Waals surface area contributed by atoms with Gasteiger partial charge in [-0.15, -0.1) is 0 Å². The van der Waals surface area contributed by atoms with Gasteiger partial charge >= 0.3 is 0 Å². The minimum Gasteiger partial charge on any atom is -0.392 e. The molecule has 0 aromatic heterocycles. The van der Waals surface area contributed by atoms with E-state index in [1.54, 1.807) is 0 Å². The summed E-state index contributed by atoms with van der Waals surface area (Å²) in [4.78, 5) is 0.287. The van der Waals surface area contributed by atoms with Crippen LogP contribution in [0.25, 0.3) is 0 Å². The second-order valence-corrected chi connectivity index (χ2v) is 7.69. The number of hydrogen-bond donors (Lipinski definition) is 2. The Labute approximate surface area is 116 Å². The van der Waals surface area contributed by atoms with Gasteiger partial charge in [-0.2, -0.15) is 0 Å². The van der Waals surface area contributed by atoms with E-state index in [1.165, 1.54) is 0 Å². The minimum atomic E-state index is -3.28. The highest BCUT2D eigenvalue weighted by molar-refractivity contribution is 7.89. The fraction of sp³-hybridized carbons (Fsp3) is 0.917. The van der Waals surface area contributed by atoms with E-state index in [9.17, 15) is 8.42 Å². The molecule has 1 fully saturated rings. The van der Waals surface area contributed by atoms with Crippen molar-refractivity contribution in [3.05, 3.63) is 0 Å². The molecule has 106 valence electrons. The molecule has 1 rings (SSSR count). The molecule has 0 unspecified atom stereocenters. The van der Waals surface area contributed by atoms with Gasteiger partial charge < -0.3 is 5.73 Å². The van der Waals surface area contributed by atoms with Gasteiger partial charge in [-0.05, 0) is 38.0 Å². The Morgan fingerprint density at radius 2 is 2.00 bits per heavy atom. The van der Waals surface area contributed by atoms with Crippen LogP contribution in [-0.2, 0) is 10.0 Å². The summed E-state index contributed by atoms with van der Waals surface area (Å²) in [7, 11) is -3.28. The molecule has 0 radical (unpaired) electrons. The predicted octanol–water partition coefficient (Wildman–Crippen LogP) is 1.94. The van der Waals surface area contributed by atoms with Crippen molar-refractivity contribution in [1.29, 1.82) is 0 Å². The molecule has 1 aliphatic rings. The van der Waals surface area contributed by atoms with Gasteiger partial charge in [0.1, 0.15) is 0 Å². The van der Waals surface area contributed by atoms with Crippen LogP contribution >= 0.6 is 12.2 Å². The molecule has 0 atom stereocenters. The maximum Gasteiger partial charge on any atom is 0.212 e. The molecule has 0 heterocycles. The highest BCUT2D eigenvalue weighted by Crippen LogP contribution is 2.32. The molecular formula is C12H24N2O2S2. The van der Waals surface area contributed by atoms with E-state index in [2.05, 4.69) is 11.6 Å². The molecule has 0 aromatic rings. The molecule has 1 saturated carbocycles. The Kier molecular flexibility index (Phi) is 5.55. The summed E-state index contributed by atoms with van der Waals surface area (Å²) in [6, 6.07) is 0. The van der Waals surface area contributed by atoms with E-state index in [1.807, 2.05) is 6.92 Å². The molecule has 1 aliphatic carbocycles. The zero-order valence-corrected chi connectivity index (χ0v) is 12.9. The summed E-state index contributed by atoms with van der Waals surface area (Å²) >= 11 is 5.10. The minimum absolute atomic E-state index is 0.156. The number of rotatable bonds is 6. The molecule has 0 aliphatic heterocycles. The quantitative estimate of drug-likeness (QED) is 0.734. The monoisotopic (exact) mass is 292 g/mol. The third-order valence-electron chi connectivity index (χ3n) is 3.72. The standard InChI is InChI=1S/C12H24N2O2S2/c1-3-4-9-18(15,16)14-12(11(13)17)7-5-10(2)6-8-12/h10,14H,3-9H2,1-2H3,(H2,13,17). The summed E-state index contributed by atoms with van der Waals surface area (Å²) in [6.07, 6.45) is 4.89. The molecule has 0 aromatic carbocycles. The van der Waals surface area contributed by atoms with Crippen LogP contribution in [0.15, 0.2) is 0 Å². The smallest absolute Gasteiger partial charge is 0.212 e. The van der Waals surface area contributed by atoms with E-state index in [4.69, 9.17) is 18.0 Å². The Hall–Kier alpha value is -0.200. The summed E-state index contributed by atoms with van der Waals surface area (Å²) in [6.45, 7) is 4.15. The summed E-state index contributed by atoms with van der Waals surface area (Å²) < 4.78 is 26.8. The van der Waals surface area contributed by atoms with Crippen molar-refractivity contribution in [2.45, 2.75) is 57.9 Å². The largest absolute Gasteiger partial charge is 0.392 e. The first-order valence-corrected chi connectivity index (χ1v) is 8.69. The lowest BCUT2D eigenvalue weighted by Crippen LogP contribution is -2.58. The van der Waals surface area contributed by atoms with Gasteiger partial charge in [0.2, 0.25) is 10.0 Å². The molecule has 3 N–H and O–H groups in total. The first-order chi connectivity index (χ1) is 8.31. The lowest BCUT2D eigenvalue weighted by Gasteiger charge is -2.38. The number of nitrogens with one attached hydrogen (secondary N) is 1. The van der Waals surface area contributed by atoms with E-state index in [0.717, 1.165) is 32.1 Å². The van der Waals surface area contributed by atoms with Crippen molar-refractivity contribution < 1.29 is 8.42 Å². The van der Waals surface area contributed by atoms with Crippen LogP contribution in [0.2, 0.25) is 0 Å². The van der Waals surface area contributed by atoms with Crippen LogP contribution in [-0.4, -0.2) is 24.7 Å². The van der Waals surface area contributed by atoms with Crippen molar-refractivity contribution in [3.8, 4) is 0 Å². The van der Waals surface area contributed by atoms with Crippen molar-refractivity contribution in [3.63, 3.8) is 0 Å². The van der Waals surface area contributed by atoms with Crippen molar-refractivity contribution in [2.24, 2.45) is 11.7 Å². The molecule has 4 nitrogen and oxygen atoms in total. The normalized spacial score (nSPS) is 29.1. The van der Waals surface area contributed by atoms with Gasteiger partial charge in [-0.1, -0.05) is 32.5 Å². The fourth-order valence-corrected chi connectivity index (χ4v) is 4.34. The van der Waals surface area contributed by atoms with Crippen LogP contribution in [0.3, 0.4) is 0 Å². The molecule has 0 spiro atoms. The summed E-state index contributed by atoms with van der Waals surface area (Å²) in [5.41, 5.74) is 5.10. The Morgan fingerprint density at radius 3 is 2.44 bits per heavy atom. The zero-order valence-electron chi connectivity index (χ0n) is 11.2. The van der Waals surface area contributed by atoms with Gasteiger partial charge in [0, 0.05) is 0 Å². The van der Waals surface area contributed by atoms with E-state index >= 15 is 0 Å². The highest BCUT2D eigenvalue weighted by Gasteiger charge is 2.39. The van der Waals surface area contributed by atoms with Crippen LogP contribution in [0.5, 0.6) is 0 Å². The van der Waals surface area contributed by atoms with Crippen molar-refractivity contribution in [1.82, 2.24) is 4.72 Å². The number of hydrogen-bond acceptors (Lipinski definition) is 3. The number of nitrogens with two attached hydrogens (primary N) is 1. The SMILES string of the molecule is CCCCS(=O)(=O)NC1(C(N)=S)CCC(C)CC1. The predicted molar refractivity (Wildman–Crippen MR) is 79.0 cm³/mol. The highest BCUT2D eigenvalue weighted by atomic mass is 32.2. The van der Waals surface area contributed by atoms with Crippen LogP contribution < -0.4 is 10.5 Å². The molecule has 6 heteroatoms. The first kappa shape index (κ1) is 15.9. The molecule has 0 saturated heterocycles. The average molecular weight is 292 g/mol. The summed E-state index contributed by atoms with van der Waals surface area (Å²) in [5, 5.41) is 0. The topological polar surface area (TPSA) is 72.2 Å². The molecule has 0 amide bonds. The Balaban J connectivity index is 2.78. The van der Waals surface area contributed by atoms with Gasteiger partial charge in [0.05, 0.1) is 16.3 Å². The van der Waals surface area contributed by atoms with Gasteiger partial charge in [-0.25, -0.2) is 13.1 Å². The van der Waals surface area contributed by atoms with E-state index in [0.29, 0.717) is 12.3 Å². The lowest BCUT2D eigenvalue weighted by molar-refractivity contribution is 0.289. The summed E-state index contributed by atoms with van der Waals surface area (Å²) in [5.74, 6) is 0.774. The van der Waals surface area contributed by atoms with Crippen LogP contribution in [0.4, 0.5) is 0 Å². The third-order valence-corrected chi connectivity index (χ3v) is 5.64. The van der Waals surface area contributed by atoms with Crippen molar-refractivity contribution >= 4 is 27.2 Å². The Bertz CT molecular complexity index is 385. The molecular weight excluding hydrogens is 268 g/mol. The number of sulfonamides is 1. The zero-order chi connectivity index (χ0) is 13.8. The maximum absolute atomic E-state index is 12.0. The van der Waals surface area contributed by atoms with Gasteiger partial charge in [-0.3, -0.25) is 0 Å². The van der Waals surface area contributed by atoms with E-state index < -0.39 is 15.6 Å². The second kappa shape index (κ2) is 6.30. The van der Waals surface area contributed by atoms with Crippen molar-refractivity contribution in [2.75, 3.05) is 5.75 Å². The average Bonchev–Trinajstić information content (AvgIpc) is 2.29. The third kappa shape index (κ3) is 4.17. The first-order valence-electron chi connectivity index (χ1n) is 6.63. The molecule has 18 heavy (non-hydrogen) atoms. The fourth-order valence-electron chi connectivity index (χ4n) is 2.34. The second-order valence-electron chi connectivity index (χ2n) is 5.40. The molecule has 0 bridgehead atoms. The Morgan fingerprint density at radius 1 is 1.44 bits per heavy atom. The number of unbranched alkanes of at least 4 members (excludes halogenated alkanes) is 1.